The van der Waals surface area contributed by atoms with Crippen LogP contribution in [0.2, 0.25) is 0 Å². The summed E-state index contributed by atoms with van der Waals surface area (Å²) in [5, 5.41) is 40.3. The third kappa shape index (κ3) is 7.72. The number of hydrogen-bond acceptors (Lipinski definition) is 9. The first-order valence-electron chi connectivity index (χ1n) is 17.2. The van der Waals surface area contributed by atoms with Gasteiger partial charge in [-0.05, 0) is 69.2 Å². The number of nitrogens with one attached hydrogen (secondary N) is 4. The van der Waals surface area contributed by atoms with Crippen LogP contribution in [0.1, 0.15) is 90.0 Å². The molecule has 1 fully saturated rings. The molecule has 3 aromatic heterocycles. The molecule has 1 aliphatic heterocycles. The lowest BCUT2D eigenvalue weighted by molar-refractivity contribution is 0.171. The van der Waals surface area contributed by atoms with E-state index in [1.54, 1.807) is 23.2 Å². The number of benzene rings is 1. The number of pyridine rings is 1. The number of aliphatic hydroxyl groups excluding tert-OH is 1. The van der Waals surface area contributed by atoms with Crippen LogP contribution in [0.5, 0.6) is 5.75 Å². The molecular weight excluding hydrogens is 620 g/mol. The summed E-state index contributed by atoms with van der Waals surface area (Å²) in [4.78, 5) is 15.8. The smallest absolute Gasteiger partial charge is 0.320 e. The van der Waals surface area contributed by atoms with Gasteiger partial charge in [-0.2, -0.15) is 5.10 Å². The lowest BCUT2D eigenvalue weighted by atomic mass is 9.85. The second-order valence-corrected chi connectivity index (χ2v) is 14.2. The molecule has 1 aromatic carbocycles. The highest BCUT2D eigenvalue weighted by Crippen LogP contribution is 2.39. The molecule has 0 radical (unpaired) electrons. The number of urea groups is 1. The molecule has 0 bridgehead atoms. The van der Waals surface area contributed by atoms with Crippen LogP contribution < -0.4 is 25.6 Å². The number of nitrogens with zero attached hydrogens (tertiary/aromatic N) is 6. The molecular formula is C36H48N10O3. The average Bonchev–Trinajstić information content (AvgIpc) is 3.68. The maximum atomic E-state index is 13.5. The molecule has 13 heteroatoms. The predicted molar refractivity (Wildman–Crippen MR) is 190 cm³/mol. The number of rotatable bonds is 10. The zero-order valence-corrected chi connectivity index (χ0v) is 29.0. The summed E-state index contributed by atoms with van der Waals surface area (Å²) >= 11 is 0. The molecule has 1 saturated heterocycles. The first kappa shape index (κ1) is 34.0. The van der Waals surface area contributed by atoms with Gasteiger partial charge in [-0.1, -0.05) is 45.0 Å². The number of amides is 2. The Kier molecular flexibility index (Phi) is 9.91. The molecule has 6 rings (SSSR count). The Labute approximate surface area is 287 Å². The van der Waals surface area contributed by atoms with Crippen molar-refractivity contribution in [1.29, 1.82) is 5.41 Å². The zero-order valence-electron chi connectivity index (χ0n) is 29.0. The number of hydrogen-bond donors (Lipinski definition) is 5. The van der Waals surface area contributed by atoms with Crippen LogP contribution in [-0.4, -0.2) is 59.9 Å². The van der Waals surface area contributed by atoms with Gasteiger partial charge in [0.2, 0.25) is 5.95 Å². The van der Waals surface area contributed by atoms with Crippen LogP contribution >= 0.6 is 0 Å². The number of ether oxygens (including phenoxy) is 1. The standard InChI is InChI=1S/C36H48N10O3/c1-23-9-8-10-24(2)46(23)35-43-42-33-16-13-26(22-45(33)35)49-30-15-14-29(27-11-6-7-12-28(27)30)40-34(48)41-32(19-31(37)36(3,4)5)39-25-20-38-44(21-25)17-18-47/h6-7,11-13,16,19-24,29-30,37,39,47H,8-10,14-15,17-18H2,1-5H3,(H2,40,41,48)/b32-19+,37-31?/t23-,24?,29?,30?/m0/s1. The summed E-state index contributed by atoms with van der Waals surface area (Å²) in [6.07, 6.45) is 11.6. The van der Waals surface area contributed by atoms with Gasteiger partial charge in [0.25, 0.3) is 0 Å². The van der Waals surface area contributed by atoms with Crippen LogP contribution in [0.4, 0.5) is 16.4 Å². The fraction of sp³-hybridized carbons (Fsp3) is 0.472. The summed E-state index contributed by atoms with van der Waals surface area (Å²) in [6, 6.07) is 12.1. The van der Waals surface area contributed by atoms with Gasteiger partial charge in [0.15, 0.2) is 5.65 Å². The highest BCUT2D eigenvalue weighted by atomic mass is 16.5. The second kappa shape index (κ2) is 14.3. The Morgan fingerprint density at radius 2 is 1.80 bits per heavy atom. The lowest BCUT2D eigenvalue weighted by Crippen LogP contribution is -2.44. The molecule has 260 valence electrons. The van der Waals surface area contributed by atoms with Crippen molar-refractivity contribution in [1.82, 2.24) is 35.0 Å². The Bertz CT molecular complexity index is 1810. The molecule has 4 aromatic rings. The minimum atomic E-state index is -0.422. The summed E-state index contributed by atoms with van der Waals surface area (Å²) in [5.74, 6) is 1.93. The van der Waals surface area contributed by atoms with E-state index in [-0.39, 0.29) is 18.8 Å². The van der Waals surface area contributed by atoms with Crippen LogP contribution in [0, 0.1) is 10.8 Å². The summed E-state index contributed by atoms with van der Waals surface area (Å²) in [5.41, 5.74) is 3.36. The van der Waals surface area contributed by atoms with E-state index in [0.29, 0.717) is 48.7 Å². The zero-order chi connectivity index (χ0) is 34.7. The minimum absolute atomic E-state index is 0.0381. The summed E-state index contributed by atoms with van der Waals surface area (Å²) in [6.45, 7) is 10.6. The highest BCUT2D eigenvalue weighted by Gasteiger charge is 2.31. The maximum absolute atomic E-state index is 13.5. The summed E-state index contributed by atoms with van der Waals surface area (Å²) in [7, 11) is 0. The van der Waals surface area contributed by atoms with E-state index in [1.807, 2.05) is 61.7 Å². The van der Waals surface area contributed by atoms with Crippen LogP contribution in [0.3, 0.4) is 0 Å². The fourth-order valence-electron chi connectivity index (χ4n) is 6.70. The second-order valence-electron chi connectivity index (χ2n) is 14.2. The van der Waals surface area contributed by atoms with Crippen molar-refractivity contribution in [3.63, 3.8) is 0 Å². The Morgan fingerprint density at radius 3 is 2.53 bits per heavy atom. The van der Waals surface area contributed by atoms with Crippen molar-refractivity contribution in [2.75, 3.05) is 16.8 Å². The van der Waals surface area contributed by atoms with Gasteiger partial charge < -0.3 is 30.8 Å². The Morgan fingerprint density at radius 1 is 1.04 bits per heavy atom. The third-order valence-electron chi connectivity index (χ3n) is 9.39. The van der Waals surface area contributed by atoms with Crippen molar-refractivity contribution in [2.24, 2.45) is 5.41 Å². The number of aromatic nitrogens is 5. The number of aliphatic hydroxyl groups is 1. The van der Waals surface area contributed by atoms with Crippen LogP contribution in [-0.2, 0) is 6.54 Å². The van der Waals surface area contributed by atoms with Gasteiger partial charge in [0, 0.05) is 35.5 Å². The molecule has 49 heavy (non-hydrogen) atoms. The molecule has 0 saturated carbocycles. The Balaban J connectivity index is 1.17. The molecule has 13 nitrogen and oxygen atoms in total. The van der Waals surface area contributed by atoms with Crippen molar-refractivity contribution >= 4 is 29.0 Å². The molecule has 1 aliphatic carbocycles. The molecule has 4 atom stereocenters. The van der Waals surface area contributed by atoms with E-state index in [9.17, 15) is 9.90 Å². The lowest BCUT2D eigenvalue weighted by Gasteiger charge is -2.39. The van der Waals surface area contributed by atoms with Crippen molar-refractivity contribution in [3.8, 4) is 5.75 Å². The first-order valence-corrected chi connectivity index (χ1v) is 17.2. The van der Waals surface area contributed by atoms with E-state index in [1.165, 1.54) is 6.42 Å². The van der Waals surface area contributed by atoms with E-state index in [4.69, 9.17) is 10.1 Å². The van der Waals surface area contributed by atoms with Gasteiger partial charge in [0.1, 0.15) is 17.7 Å². The van der Waals surface area contributed by atoms with Gasteiger partial charge in [-0.25, -0.2) is 4.79 Å². The topological polar surface area (TPSA) is 158 Å². The number of anilines is 2. The van der Waals surface area contributed by atoms with E-state index in [2.05, 4.69) is 56.1 Å². The average molecular weight is 669 g/mol. The van der Waals surface area contributed by atoms with Gasteiger partial charge in [-0.15, -0.1) is 10.2 Å². The number of allylic oxidation sites excluding steroid dienone is 1. The van der Waals surface area contributed by atoms with Gasteiger partial charge in [-0.3, -0.25) is 14.4 Å². The number of fused-ring (bicyclic) bond motifs is 2. The number of piperidine rings is 1. The normalized spacial score (nSPS) is 21.3. The molecule has 4 heterocycles. The van der Waals surface area contributed by atoms with Gasteiger partial charge >= 0.3 is 6.03 Å². The fourth-order valence-corrected chi connectivity index (χ4v) is 6.70. The Hall–Kier alpha value is -4.91. The number of carbonyl (C=O) groups excluding carboxylic acids is 1. The van der Waals surface area contributed by atoms with Crippen molar-refractivity contribution in [3.05, 3.63) is 78.0 Å². The van der Waals surface area contributed by atoms with E-state index in [0.717, 1.165) is 41.3 Å². The SMILES string of the molecule is CC1CCC[C@H](C)N1c1nnc2ccc(OC3CCC(NC(=O)N/C(=C/C(=N)C(C)(C)C)Nc4cnn(CCO)c4)c4ccccc43)cn12. The van der Waals surface area contributed by atoms with Crippen molar-refractivity contribution < 1.29 is 14.6 Å². The van der Waals surface area contributed by atoms with Crippen molar-refractivity contribution in [2.45, 2.75) is 97.5 Å². The largest absolute Gasteiger partial charge is 0.484 e. The first-order chi connectivity index (χ1) is 23.5. The predicted octanol–water partition coefficient (Wildman–Crippen LogP) is 5.96. The quantitative estimate of drug-likeness (QED) is 0.130. The third-order valence-corrected chi connectivity index (χ3v) is 9.39. The monoisotopic (exact) mass is 668 g/mol. The van der Waals surface area contributed by atoms with E-state index >= 15 is 0 Å². The molecule has 3 unspecified atom stereocenters. The molecule has 0 spiro atoms. The van der Waals surface area contributed by atoms with Gasteiger partial charge in [0.05, 0.1) is 37.3 Å². The van der Waals surface area contributed by atoms with E-state index < -0.39 is 11.4 Å². The molecule has 2 amide bonds. The highest BCUT2D eigenvalue weighted by molar-refractivity contribution is 5.97. The molecule has 5 N–H and O–H groups in total. The molecule has 2 aliphatic rings. The minimum Gasteiger partial charge on any atom is -0.484 e. The maximum Gasteiger partial charge on any atom is 0.320 e. The number of carbonyl (C=O) groups is 1. The van der Waals surface area contributed by atoms with Crippen LogP contribution in [0.15, 0.2) is 66.9 Å². The summed E-state index contributed by atoms with van der Waals surface area (Å²) < 4.78 is 10.3. The van der Waals surface area contributed by atoms with Crippen LogP contribution in [0.25, 0.3) is 5.65 Å².